The molecule has 1 N–H and O–H groups in total. The quantitative estimate of drug-likeness (QED) is 0.397. The summed E-state index contributed by atoms with van der Waals surface area (Å²) < 4.78 is 0. The number of hydrogen-bond donors (Lipinski definition) is 1. The number of nitrogens with zero attached hydrogens (tertiary/aromatic N) is 2. The Kier molecular flexibility index (Phi) is 13.3. The van der Waals surface area contributed by atoms with Crippen molar-refractivity contribution in [1.29, 1.82) is 0 Å². The molecule has 0 unspecified atom stereocenters. The molecule has 0 aromatic carbocycles. The number of aliphatic imine (C=N–C) groups is 1. The van der Waals surface area contributed by atoms with E-state index < -0.39 is 0 Å². The first kappa shape index (κ1) is 20.5. The lowest BCUT2D eigenvalue weighted by Gasteiger charge is -2.20. The lowest BCUT2D eigenvalue weighted by atomic mass is 10.1. The third-order valence-electron chi connectivity index (χ3n) is 4.87. The molecule has 0 radical (unpaired) electrons. The third-order valence-corrected chi connectivity index (χ3v) is 4.87. The van der Waals surface area contributed by atoms with Gasteiger partial charge in [0.05, 0.1) is 12.4 Å². The number of amidine groups is 1. The van der Waals surface area contributed by atoms with Crippen molar-refractivity contribution in [3.63, 3.8) is 0 Å². The van der Waals surface area contributed by atoms with Crippen LogP contribution in [0.5, 0.6) is 0 Å². The maximum atomic E-state index is 8.83. The molecular formula is C20H40N2O. The highest BCUT2D eigenvalue weighted by Gasteiger charge is 2.15. The summed E-state index contributed by atoms with van der Waals surface area (Å²) in [4.78, 5) is 7.16. The molecule has 23 heavy (non-hydrogen) atoms. The largest absolute Gasteiger partial charge is 0.396 e. The Morgan fingerprint density at radius 3 is 2.09 bits per heavy atom. The van der Waals surface area contributed by atoms with Gasteiger partial charge in [0.2, 0.25) is 0 Å². The van der Waals surface area contributed by atoms with Gasteiger partial charge in [-0.25, -0.2) is 0 Å². The summed E-state index contributed by atoms with van der Waals surface area (Å²) in [7, 11) is 0. The molecule has 0 saturated carbocycles. The molecule has 1 aliphatic rings. The van der Waals surface area contributed by atoms with Crippen molar-refractivity contribution in [2.24, 2.45) is 4.99 Å². The number of rotatable bonds is 16. The maximum absolute atomic E-state index is 8.83. The van der Waals surface area contributed by atoms with Gasteiger partial charge in [-0.2, -0.15) is 0 Å². The summed E-state index contributed by atoms with van der Waals surface area (Å²) in [5.74, 6) is 1.36. The molecule has 1 heterocycles. The van der Waals surface area contributed by atoms with Crippen molar-refractivity contribution in [3.8, 4) is 0 Å². The van der Waals surface area contributed by atoms with Crippen molar-refractivity contribution >= 4 is 5.84 Å². The van der Waals surface area contributed by atoms with Crippen molar-refractivity contribution in [2.75, 3.05) is 26.2 Å². The van der Waals surface area contributed by atoms with Crippen LogP contribution in [0.2, 0.25) is 0 Å². The predicted octanol–water partition coefficient (Wildman–Crippen LogP) is 5.17. The van der Waals surface area contributed by atoms with Crippen molar-refractivity contribution in [3.05, 3.63) is 0 Å². The first-order valence-electron chi connectivity index (χ1n) is 10.3. The molecule has 3 heteroatoms. The lowest BCUT2D eigenvalue weighted by Crippen LogP contribution is -2.28. The summed E-state index contributed by atoms with van der Waals surface area (Å²) in [6.07, 6.45) is 18.5. The minimum atomic E-state index is 0.333. The Balaban J connectivity index is 1.92. The molecule has 1 aliphatic heterocycles. The molecule has 136 valence electrons. The summed E-state index contributed by atoms with van der Waals surface area (Å²) in [5.41, 5.74) is 0. The highest BCUT2D eigenvalue weighted by molar-refractivity contribution is 5.83. The van der Waals surface area contributed by atoms with Gasteiger partial charge in [-0.15, -0.1) is 0 Å². The summed E-state index contributed by atoms with van der Waals surface area (Å²) in [6, 6.07) is 0. The second kappa shape index (κ2) is 15.0. The van der Waals surface area contributed by atoms with Crippen LogP contribution in [0, 0.1) is 0 Å². The average molecular weight is 325 g/mol. The van der Waals surface area contributed by atoms with Gasteiger partial charge in [0.15, 0.2) is 0 Å². The van der Waals surface area contributed by atoms with Gasteiger partial charge in [0, 0.05) is 26.1 Å². The Morgan fingerprint density at radius 1 is 0.826 bits per heavy atom. The minimum Gasteiger partial charge on any atom is -0.396 e. The minimum absolute atomic E-state index is 0.333. The zero-order chi connectivity index (χ0) is 16.6. The van der Waals surface area contributed by atoms with Gasteiger partial charge >= 0.3 is 0 Å². The lowest BCUT2D eigenvalue weighted by molar-refractivity contribution is 0.280. The number of hydrogen-bond acceptors (Lipinski definition) is 3. The van der Waals surface area contributed by atoms with Gasteiger partial charge in [0.25, 0.3) is 0 Å². The van der Waals surface area contributed by atoms with E-state index in [2.05, 4.69) is 16.8 Å². The van der Waals surface area contributed by atoms with Crippen LogP contribution in [0.4, 0.5) is 0 Å². The van der Waals surface area contributed by atoms with Gasteiger partial charge in [-0.3, -0.25) is 4.99 Å². The van der Waals surface area contributed by atoms with Crippen LogP contribution in [0.1, 0.15) is 96.8 Å². The summed E-state index contributed by atoms with van der Waals surface area (Å²) in [5, 5.41) is 8.83. The molecule has 0 aliphatic carbocycles. The third kappa shape index (κ3) is 10.8. The van der Waals surface area contributed by atoms with Gasteiger partial charge in [-0.05, 0) is 25.7 Å². The van der Waals surface area contributed by atoms with E-state index in [0.717, 1.165) is 32.5 Å². The molecule has 0 atom stereocenters. The van der Waals surface area contributed by atoms with Crippen LogP contribution in [0.25, 0.3) is 0 Å². The van der Waals surface area contributed by atoms with Gasteiger partial charge in [-0.1, -0.05) is 64.7 Å². The normalized spacial score (nSPS) is 14.5. The second-order valence-corrected chi connectivity index (χ2v) is 7.00. The average Bonchev–Trinajstić information content (AvgIpc) is 3.01. The Morgan fingerprint density at radius 2 is 1.43 bits per heavy atom. The number of aliphatic hydroxyl groups excluding tert-OH is 1. The molecule has 0 aromatic rings. The SMILES string of the molecule is CCCCCCCCCCCCC1=NCCN1CCCCCO. The van der Waals surface area contributed by atoms with E-state index in [9.17, 15) is 0 Å². The maximum Gasteiger partial charge on any atom is 0.0990 e. The molecule has 0 aromatic heterocycles. The zero-order valence-electron chi connectivity index (χ0n) is 15.6. The first-order chi connectivity index (χ1) is 11.4. The van der Waals surface area contributed by atoms with E-state index in [1.807, 2.05) is 0 Å². The van der Waals surface area contributed by atoms with E-state index in [4.69, 9.17) is 5.11 Å². The zero-order valence-corrected chi connectivity index (χ0v) is 15.6. The fourth-order valence-corrected chi connectivity index (χ4v) is 3.37. The number of unbranched alkanes of at least 4 members (excludes halogenated alkanes) is 11. The Bertz CT molecular complexity index is 291. The molecule has 0 amide bonds. The molecule has 3 nitrogen and oxygen atoms in total. The van der Waals surface area contributed by atoms with E-state index >= 15 is 0 Å². The highest BCUT2D eigenvalue weighted by Crippen LogP contribution is 2.14. The smallest absolute Gasteiger partial charge is 0.0990 e. The Hall–Kier alpha value is -0.570. The van der Waals surface area contributed by atoms with E-state index in [1.54, 1.807) is 0 Å². The molecular weight excluding hydrogens is 284 g/mol. The molecule has 1 rings (SSSR count). The molecule has 0 spiro atoms. The molecule has 0 saturated heterocycles. The van der Waals surface area contributed by atoms with Crippen LogP contribution >= 0.6 is 0 Å². The fourth-order valence-electron chi connectivity index (χ4n) is 3.37. The van der Waals surface area contributed by atoms with Crippen LogP contribution in [-0.2, 0) is 0 Å². The van der Waals surface area contributed by atoms with Crippen LogP contribution in [0.3, 0.4) is 0 Å². The fraction of sp³-hybridized carbons (Fsp3) is 0.950. The van der Waals surface area contributed by atoms with E-state index in [0.29, 0.717) is 6.61 Å². The van der Waals surface area contributed by atoms with Gasteiger partial charge < -0.3 is 10.0 Å². The van der Waals surface area contributed by atoms with Crippen LogP contribution in [0.15, 0.2) is 4.99 Å². The van der Waals surface area contributed by atoms with Crippen molar-refractivity contribution in [1.82, 2.24) is 4.90 Å². The molecule has 0 fully saturated rings. The topological polar surface area (TPSA) is 35.8 Å². The van der Waals surface area contributed by atoms with Gasteiger partial charge in [0.1, 0.15) is 0 Å². The summed E-state index contributed by atoms with van der Waals surface area (Å²) >= 11 is 0. The molecule has 0 bridgehead atoms. The predicted molar refractivity (Wildman–Crippen MR) is 101 cm³/mol. The number of aliphatic hydroxyl groups is 1. The van der Waals surface area contributed by atoms with Crippen LogP contribution < -0.4 is 0 Å². The monoisotopic (exact) mass is 324 g/mol. The first-order valence-corrected chi connectivity index (χ1v) is 10.3. The Labute approximate surface area is 144 Å². The van der Waals surface area contributed by atoms with Crippen molar-refractivity contribution in [2.45, 2.75) is 96.8 Å². The van der Waals surface area contributed by atoms with E-state index in [1.165, 1.54) is 82.9 Å². The van der Waals surface area contributed by atoms with Crippen LogP contribution in [-0.4, -0.2) is 42.1 Å². The van der Waals surface area contributed by atoms with Crippen molar-refractivity contribution < 1.29 is 5.11 Å². The highest BCUT2D eigenvalue weighted by atomic mass is 16.2. The van der Waals surface area contributed by atoms with E-state index in [-0.39, 0.29) is 0 Å². The summed E-state index contributed by atoms with van der Waals surface area (Å²) in [6.45, 7) is 5.86. The standard InChI is InChI=1S/C20H40N2O/c1-2-3-4-5-6-7-8-9-10-12-15-20-21-16-18-22(20)17-13-11-14-19-23/h23H,2-19H2,1H3. The second-order valence-electron chi connectivity index (χ2n) is 7.00.